The molecule has 1 aliphatic heterocycles. The van der Waals surface area contributed by atoms with Crippen molar-refractivity contribution in [2.75, 3.05) is 11.9 Å². The molecular formula is C16H21N5O. The molecule has 1 aromatic carbocycles. The van der Waals surface area contributed by atoms with Crippen LogP contribution in [-0.4, -0.2) is 38.5 Å². The summed E-state index contributed by atoms with van der Waals surface area (Å²) in [5, 5.41) is 11.0. The first-order valence-corrected chi connectivity index (χ1v) is 7.72. The quantitative estimate of drug-likeness (QED) is 0.883. The van der Waals surface area contributed by atoms with Crippen molar-refractivity contribution in [1.29, 1.82) is 0 Å². The highest BCUT2D eigenvalue weighted by Gasteiger charge is 2.24. The maximum atomic E-state index is 12.5. The highest BCUT2D eigenvalue weighted by molar-refractivity contribution is 5.92. The van der Waals surface area contributed by atoms with Crippen LogP contribution in [-0.2, 0) is 7.05 Å². The number of hydrogen-bond donors (Lipinski definition) is 1. The Bertz CT molecular complexity index is 706. The molecule has 6 nitrogen and oxygen atoms in total. The van der Waals surface area contributed by atoms with E-state index in [4.69, 9.17) is 0 Å². The number of rotatable bonds is 4. The SMILES string of the molecule is CCCCC1C=CCN1C(=O)Nc1ccc2c(c1)nnn2C. The smallest absolute Gasteiger partial charge is 0.314 e. The normalized spacial score (nSPS) is 17.4. The molecule has 1 aliphatic rings. The lowest BCUT2D eigenvalue weighted by Gasteiger charge is -2.24. The first-order valence-electron chi connectivity index (χ1n) is 7.72. The Morgan fingerprint density at radius 2 is 2.32 bits per heavy atom. The van der Waals surface area contributed by atoms with E-state index in [9.17, 15) is 4.79 Å². The van der Waals surface area contributed by atoms with E-state index in [-0.39, 0.29) is 12.1 Å². The van der Waals surface area contributed by atoms with Crippen LogP contribution in [0.3, 0.4) is 0 Å². The van der Waals surface area contributed by atoms with Crippen LogP contribution in [0, 0.1) is 0 Å². The molecule has 3 rings (SSSR count). The number of carbonyl (C=O) groups excluding carboxylic acids is 1. The number of urea groups is 1. The van der Waals surface area contributed by atoms with Gasteiger partial charge in [-0.2, -0.15) is 0 Å². The molecule has 2 aromatic rings. The van der Waals surface area contributed by atoms with Crippen LogP contribution in [0.4, 0.5) is 10.5 Å². The van der Waals surface area contributed by atoms with Gasteiger partial charge >= 0.3 is 6.03 Å². The Labute approximate surface area is 129 Å². The van der Waals surface area contributed by atoms with Crippen LogP contribution in [0.5, 0.6) is 0 Å². The average Bonchev–Trinajstić information content (AvgIpc) is 3.12. The second-order valence-electron chi connectivity index (χ2n) is 5.64. The van der Waals surface area contributed by atoms with Crippen molar-refractivity contribution in [3.8, 4) is 0 Å². The minimum atomic E-state index is -0.0608. The van der Waals surface area contributed by atoms with Crippen molar-refractivity contribution in [3.05, 3.63) is 30.4 Å². The fourth-order valence-electron chi connectivity index (χ4n) is 2.78. The lowest BCUT2D eigenvalue weighted by Crippen LogP contribution is -2.39. The number of nitrogens with one attached hydrogen (secondary N) is 1. The minimum absolute atomic E-state index is 0.0608. The third-order valence-corrected chi connectivity index (χ3v) is 4.04. The number of hydrogen-bond acceptors (Lipinski definition) is 3. The number of unbranched alkanes of at least 4 members (excludes halogenated alkanes) is 1. The summed E-state index contributed by atoms with van der Waals surface area (Å²) in [4.78, 5) is 14.3. The highest BCUT2D eigenvalue weighted by atomic mass is 16.2. The predicted octanol–water partition coefficient (Wildman–Crippen LogP) is 2.93. The van der Waals surface area contributed by atoms with Crippen molar-refractivity contribution < 1.29 is 4.79 Å². The molecule has 0 bridgehead atoms. The summed E-state index contributed by atoms with van der Waals surface area (Å²) in [5.41, 5.74) is 2.48. The predicted molar refractivity (Wildman–Crippen MR) is 86.7 cm³/mol. The van der Waals surface area contributed by atoms with Gasteiger partial charge in [0.15, 0.2) is 0 Å². The first-order chi connectivity index (χ1) is 10.7. The van der Waals surface area contributed by atoms with Gasteiger partial charge in [-0.1, -0.05) is 37.1 Å². The summed E-state index contributed by atoms with van der Waals surface area (Å²) in [6.07, 6.45) is 7.48. The van der Waals surface area contributed by atoms with Gasteiger partial charge in [0.2, 0.25) is 0 Å². The Kier molecular flexibility index (Phi) is 4.09. The van der Waals surface area contributed by atoms with Gasteiger partial charge < -0.3 is 10.2 Å². The number of nitrogens with zero attached hydrogens (tertiary/aromatic N) is 4. The molecule has 1 aromatic heterocycles. The maximum Gasteiger partial charge on any atom is 0.322 e. The average molecular weight is 299 g/mol. The number of fused-ring (bicyclic) bond motifs is 1. The molecule has 2 heterocycles. The zero-order valence-electron chi connectivity index (χ0n) is 13.0. The molecule has 2 amide bonds. The Balaban J connectivity index is 1.69. The molecule has 6 heteroatoms. The highest BCUT2D eigenvalue weighted by Crippen LogP contribution is 2.20. The number of anilines is 1. The van der Waals surface area contributed by atoms with E-state index in [2.05, 4.69) is 34.7 Å². The lowest BCUT2D eigenvalue weighted by atomic mass is 10.1. The summed E-state index contributed by atoms with van der Waals surface area (Å²) in [6.45, 7) is 2.84. The molecule has 1 N–H and O–H groups in total. The van der Waals surface area contributed by atoms with Crippen LogP contribution in [0.1, 0.15) is 26.2 Å². The number of amides is 2. The second kappa shape index (κ2) is 6.17. The Hall–Kier alpha value is -2.37. The molecular weight excluding hydrogens is 278 g/mol. The maximum absolute atomic E-state index is 12.5. The van der Waals surface area contributed by atoms with E-state index in [1.807, 2.05) is 30.1 Å². The first kappa shape index (κ1) is 14.6. The van der Waals surface area contributed by atoms with Crippen molar-refractivity contribution >= 4 is 22.8 Å². The third-order valence-electron chi connectivity index (χ3n) is 4.04. The molecule has 1 atom stereocenters. The Morgan fingerprint density at radius 1 is 1.45 bits per heavy atom. The van der Waals surface area contributed by atoms with E-state index in [0.29, 0.717) is 6.54 Å². The van der Waals surface area contributed by atoms with Gasteiger partial charge in [-0.3, -0.25) is 0 Å². The summed E-state index contributed by atoms with van der Waals surface area (Å²) < 4.78 is 1.71. The summed E-state index contributed by atoms with van der Waals surface area (Å²) in [7, 11) is 1.85. The standard InChI is InChI=1S/C16H21N5O/c1-3-4-6-13-7-5-10-21(13)16(22)17-12-8-9-15-14(11-12)18-19-20(15)2/h5,7-9,11,13H,3-4,6,10H2,1-2H3,(H,17,22). The second-order valence-corrected chi connectivity index (χ2v) is 5.64. The zero-order valence-corrected chi connectivity index (χ0v) is 13.0. The molecule has 116 valence electrons. The van der Waals surface area contributed by atoms with Gasteiger partial charge in [0.05, 0.1) is 11.6 Å². The van der Waals surface area contributed by atoms with Gasteiger partial charge in [-0.25, -0.2) is 9.48 Å². The van der Waals surface area contributed by atoms with Gasteiger partial charge in [0.25, 0.3) is 0 Å². The zero-order chi connectivity index (χ0) is 15.5. The number of aryl methyl sites for hydroxylation is 1. The summed E-state index contributed by atoms with van der Waals surface area (Å²) >= 11 is 0. The van der Waals surface area contributed by atoms with Gasteiger partial charge in [-0.05, 0) is 24.6 Å². The van der Waals surface area contributed by atoms with E-state index < -0.39 is 0 Å². The van der Waals surface area contributed by atoms with E-state index in [1.165, 1.54) is 0 Å². The van der Waals surface area contributed by atoms with Crippen LogP contribution >= 0.6 is 0 Å². The monoisotopic (exact) mass is 299 g/mol. The van der Waals surface area contributed by atoms with Crippen LogP contribution in [0.15, 0.2) is 30.4 Å². The van der Waals surface area contributed by atoms with Crippen LogP contribution in [0.2, 0.25) is 0 Å². The number of carbonyl (C=O) groups is 1. The molecule has 0 radical (unpaired) electrons. The summed E-state index contributed by atoms with van der Waals surface area (Å²) in [6, 6.07) is 5.80. The third kappa shape index (κ3) is 2.81. The van der Waals surface area contributed by atoms with Crippen molar-refractivity contribution in [2.24, 2.45) is 7.05 Å². The molecule has 0 saturated carbocycles. The fourth-order valence-corrected chi connectivity index (χ4v) is 2.78. The van der Waals surface area contributed by atoms with Gasteiger partial charge in [0, 0.05) is 19.3 Å². The molecule has 0 saturated heterocycles. The molecule has 22 heavy (non-hydrogen) atoms. The van der Waals surface area contributed by atoms with E-state index in [0.717, 1.165) is 36.0 Å². The van der Waals surface area contributed by atoms with Gasteiger partial charge in [0.1, 0.15) is 5.52 Å². The molecule has 0 fully saturated rings. The molecule has 0 aliphatic carbocycles. The van der Waals surface area contributed by atoms with Crippen LogP contribution in [0.25, 0.3) is 11.0 Å². The van der Waals surface area contributed by atoms with Crippen molar-refractivity contribution in [1.82, 2.24) is 19.9 Å². The van der Waals surface area contributed by atoms with Crippen molar-refractivity contribution in [3.63, 3.8) is 0 Å². The van der Waals surface area contributed by atoms with Crippen molar-refractivity contribution in [2.45, 2.75) is 32.2 Å². The topological polar surface area (TPSA) is 63.1 Å². The minimum Gasteiger partial charge on any atom is -0.314 e. The summed E-state index contributed by atoms with van der Waals surface area (Å²) in [5.74, 6) is 0. The van der Waals surface area contributed by atoms with Gasteiger partial charge in [-0.15, -0.1) is 5.10 Å². The van der Waals surface area contributed by atoms with E-state index in [1.54, 1.807) is 4.68 Å². The molecule has 1 unspecified atom stereocenters. The lowest BCUT2D eigenvalue weighted by molar-refractivity contribution is 0.208. The Morgan fingerprint density at radius 3 is 3.14 bits per heavy atom. The van der Waals surface area contributed by atoms with E-state index >= 15 is 0 Å². The fraction of sp³-hybridized carbons (Fsp3) is 0.438. The molecule has 0 spiro atoms. The largest absolute Gasteiger partial charge is 0.322 e. The number of aromatic nitrogens is 3. The number of benzene rings is 1. The van der Waals surface area contributed by atoms with Crippen LogP contribution < -0.4 is 5.32 Å².